The summed E-state index contributed by atoms with van der Waals surface area (Å²) in [6.07, 6.45) is 1.93. The molecule has 80 valence electrons. The minimum atomic E-state index is -0.366. The van der Waals surface area contributed by atoms with Crippen LogP contribution in [0.1, 0.15) is 40.5 Å². The third-order valence-electron chi connectivity index (χ3n) is 1.54. The summed E-state index contributed by atoms with van der Waals surface area (Å²) >= 11 is 0. The monoisotopic (exact) mass is 196 g/mol. The molecule has 14 heavy (non-hydrogen) atoms. The van der Waals surface area contributed by atoms with Gasteiger partial charge in [0.15, 0.2) is 0 Å². The summed E-state index contributed by atoms with van der Waals surface area (Å²) in [5.41, 5.74) is 0. The van der Waals surface area contributed by atoms with Crippen LogP contribution >= 0.6 is 0 Å². The average molecular weight is 196 g/mol. The van der Waals surface area contributed by atoms with Crippen molar-refractivity contribution in [1.29, 1.82) is 0 Å². The fraction of sp³-hybridized carbons (Fsp3) is 0.750. The van der Waals surface area contributed by atoms with E-state index < -0.39 is 0 Å². The molecule has 0 aliphatic heterocycles. The summed E-state index contributed by atoms with van der Waals surface area (Å²) in [5.74, 6) is 6.59. The summed E-state index contributed by atoms with van der Waals surface area (Å²) in [7, 11) is 0. The fourth-order valence-electron chi connectivity index (χ4n) is 0.927. The maximum atomic E-state index is 10.6. The Morgan fingerprint density at radius 2 is 1.71 bits per heavy atom. The van der Waals surface area contributed by atoms with E-state index in [2.05, 4.69) is 25.7 Å². The number of hydrogen-bond acceptors (Lipinski definition) is 2. The van der Waals surface area contributed by atoms with Crippen LogP contribution in [0.3, 0.4) is 0 Å². The van der Waals surface area contributed by atoms with E-state index in [0.717, 1.165) is 12.7 Å². The van der Waals surface area contributed by atoms with Gasteiger partial charge in [-0.3, -0.25) is 0 Å². The zero-order valence-electron chi connectivity index (χ0n) is 9.54. The Balaban J connectivity index is 3.80. The number of carbonyl (C=O) groups excluding carboxylic acids is 1. The Morgan fingerprint density at radius 3 is 2.14 bits per heavy atom. The van der Waals surface area contributed by atoms with Gasteiger partial charge < -0.3 is 9.53 Å². The Kier molecular flexibility index (Phi) is 7.14. The summed E-state index contributed by atoms with van der Waals surface area (Å²) < 4.78 is 5.34. The maximum absolute atomic E-state index is 10.6. The standard InChI is InChI=1S/C12H20O2/c1-10(2)7-5-6-8-12(9-13)14-11(3)4/h9-12H,7-8H2,1-4H3. The van der Waals surface area contributed by atoms with E-state index >= 15 is 0 Å². The molecule has 1 unspecified atom stereocenters. The normalized spacial score (nSPS) is 12.4. The van der Waals surface area contributed by atoms with Crippen LogP contribution < -0.4 is 0 Å². The lowest BCUT2D eigenvalue weighted by Gasteiger charge is -2.11. The van der Waals surface area contributed by atoms with Gasteiger partial charge in [-0.05, 0) is 19.8 Å². The Hall–Kier alpha value is -0.810. The lowest BCUT2D eigenvalue weighted by atomic mass is 10.1. The van der Waals surface area contributed by atoms with Gasteiger partial charge in [0, 0.05) is 12.8 Å². The minimum absolute atomic E-state index is 0.0806. The lowest BCUT2D eigenvalue weighted by molar-refractivity contribution is -0.120. The van der Waals surface area contributed by atoms with Crippen LogP contribution in [0.2, 0.25) is 0 Å². The second-order valence-electron chi connectivity index (χ2n) is 4.02. The van der Waals surface area contributed by atoms with Crippen LogP contribution in [-0.2, 0) is 9.53 Å². The number of hydrogen-bond donors (Lipinski definition) is 0. The van der Waals surface area contributed by atoms with Crippen LogP contribution in [0.15, 0.2) is 0 Å². The van der Waals surface area contributed by atoms with Crippen LogP contribution in [0.5, 0.6) is 0 Å². The van der Waals surface area contributed by atoms with Gasteiger partial charge in [0.05, 0.1) is 6.10 Å². The van der Waals surface area contributed by atoms with Gasteiger partial charge in [0.25, 0.3) is 0 Å². The SMILES string of the molecule is CC(C)CC#CCC(C=O)OC(C)C. The van der Waals surface area contributed by atoms with Crippen molar-refractivity contribution in [3.8, 4) is 11.8 Å². The molecule has 0 aromatic carbocycles. The van der Waals surface area contributed by atoms with Crippen molar-refractivity contribution in [2.45, 2.75) is 52.7 Å². The van der Waals surface area contributed by atoms with Crippen molar-refractivity contribution in [3.63, 3.8) is 0 Å². The first-order valence-corrected chi connectivity index (χ1v) is 5.12. The van der Waals surface area contributed by atoms with Gasteiger partial charge in [-0.2, -0.15) is 0 Å². The molecule has 2 heteroatoms. The average Bonchev–Trinajstić information content (AvgIpc) is 2.09. The quantitative estimate of drug-likeness (QED) is 0.498. The molecule has 0 N–H and O–H groups in total. The van der Waals surface area contributed by atoms with Gasteiger partial charge in [-0.1, -0.05) is 13.8 Å². The highest BCUT2D eigenvalue weighted by atomic mass is 16.5. The van der Waals surface area contributed by atoms with Gasteiger partial charge in [-0.15, -0.1) is 11.8 Å². The highest BCUT2D eigenvalue weighted by Crippen LogP contribution is 2.00. The molecule has 0 spiro atoms. The minimum Gasteiger partial charge on any atom is -0.367 e. The van der Waals surface area contributed by atoms with Gasteiger partial charge in [0.2, 0.25) is 0 Å². The van der Waals surface area contributed by atoms with Crippen molar-refractivity contribution >= 4 is 6.29 Å². The third-order valence-corrected chi connectivity index (χ3v) is 1.54. The molecule has 0 aromatic rings. The number of carbonyl (C=O) groups is 1. The number of rotatable bonds is 5. The van der Waals surface area contributed by atoms with Gasteiger partial charge >= 0.3 is 0 Å². The molecule has 0 amide bonds. The molecule has 0 radical (unpaired) electrons. The molecule has 0 aromatic heterocycles. The van der Waals surface area contributed by atoms with Gasteiger partial charge in [-0.25, -0.2) is 0 Å². The lowest BCUT2D eigenvalue weighted by Crippen LogP contribution is -2.18. The summed E-state index contributed by atoms with van der Waals surface area (Å²) in [4.78, 5) is 10.6. The number of aldehydes is 1. The zero-order chi connectivity index (χ0) is 11.0. The van der Waals surface area contributed by atoms with E-state index in [4.69, 9.17) is 4.74 Å². The topological polar surface area (TPSA) is 26.3 Å². The second-order valence-corrected chi connectivity index (χ2v) is 4.02. The summed E-state index contributed by atoms with van der Waals surface area (Å²) in [6.45, 7) is 8.07. The Morgan fingerprint density at radius 1 is 1.14 bits per heavy atom. The predicted molar refractivity (Wildman–Crippen MR) is 57.9 cm³/mol. The third kappa shape index (κ3) is 7.82. The molecule has 0 aliphatic rings. The van der Waals surface area contributed by atoms with Crippen LogP contribution in [0, 0.1) is 17.8 Å². The van der Waals surface area contributed by atoms with Crippen molar-refractivity contribution in [2.24, 2.45) is 5.92 Å². The molecule has 2 nitrogen and oxygen atoms in total. The summed E-state index contributed by atoms with van der Waals surface area (Å²) in [5, 5.41) is 0. The molecular weight excluding hydrogens is 176 g/mol. The first-order chi connectivity index (χ1) is 6.56. The van der Waals surface area contributed by atoms with Crippen LogP contribution in [0.4, 0.5) is 0 Å². The van der Waals surface area contributed by atoms with E-state index in [1.807, 2.05) is 13.8 Å². The second kappa shape index (κ2) is 7.58. The van der Waals surface area contributed by atoms with Gasteiger partial charge in [0.1, 0.15) is 12.4 Å². The molecule has 0 saturated carbocycles. The van der Waals surface area contributed by atoms with E-state index in [1.54, 1.807) is 0 Å². The van der Waals surface area contributed by atoms with E-state index in [0.29, 0.717) is 12.3 Å². The largest absolute Gasteiger partial charge is 0.367 e. The molecule has 0 fully saturated rings. The molecule has 0 heterocycles. The fourth-order valence-corrected chi connectivity index (χ4v) is 0.927. The first-order valence-electron chi connectivity index (χ1n) is 5.12. The molecule has 0 bridgehead atoms. The Labute approximate surface area is 87.0 Å². The molecule has 0 saturated heterocycles. The van der Waals surface area contributed by atoms with Crippen LogP contribution in [0.25, 0.3) is 0 Å². The smallest absolute Gasteiger partial charge is 0.149 e. The van der Waals surface area contributed by atoms with Crippen LogP contribution in [-0.4, -0.2) is 18.5 Å². The molecular formula is C12H20O2. The highest BCUT2D eigenvalue weighted by molar-refractivity contribution is 5.56. The maximum Gasteiger partial charge on any atom is 0.149 e. The molecule has 0 aliphatic carbocycles. The van der Waals surface area contributed by atoms with Crippen molar-refractivity contribution < 1.29 is 9.53 Å². The van der Waals surface area contributed by atoms with E-state index in [1.165, 1.54) is 0 Å². The summed E-state index contributed by atoms with van der Waals surface area (Å²) in [6, 6.07) is 0. The predicted octanol–water partition coefficient (Wildman–Crippen LogP) is 2.42. The zero-order valence-corrected chi connectivity index (χ0v) is 9.54. The molecule has 0 rings (SSSR count). The van der Waals surface area contributed by atoms with E-state index in [9.17, 15) is 4.79 Å². The molecule has 1 atom stereocenters. The van der Waals surface area contributed by atoms with E-state index in [-0.39, 0.29) is 12.2 Å². The van der Waals surface area contributed by atoms with Crippen molar-refractivity contribution in [2.75, 3.05) is 0 Å². The number of ether oxygens (including phenoxy) is 1. The van der Waals surface area contributed by atoms with Crippen molar-refractivity contribution in [3.05, 3.63) is 0 Å². The van der Waals surface area contributed by atoms with Crippen molar-refractivity contribution in [1.82, 2.24) is 0 Å². The Bertz CT molecular complexity index is 208. The highest BCUT2D eigenvalue weighted by Gasteiger charge is 2.07. The first kappa shape index (κ1) is 13.2.